The molecule has 2 rings (SSSR count). The van der Waals surface area contributed by atoms with Gasteiger partial charge in [0, 0.05) is 17.6 Å². The highest BCUT2D eigenvalue weighted by atomic mass is 32.1. The lowest BCUT2D eigenvalue weighted by atomic mass is 10.0. The van der Waals surface area contributed by atoms with Gasteiger partial charge in [-0.2, -0.15) is 0 Å². The molecule has 0 bridgehead atoms. The zero-order valence-electron chi connectivity index (χ0n) is 9.05. The molecule has 0 aliphatic carbocycles. The van der Waals surface area contributed by atoms with Crippen molar-refractivity contribution in [3.8, 4) is 0 Å². The average Bonchev–Trinajstić information content (AvgIpc) is 2.86. The van der Waals surface area contributed by atoms with Crippen molar-refractivity contribution in [1.29, 1.82) is 0 Å². The van der Waals surface area contributed by atoms with Crippen LogP contribution in [0.5, 0.6) is 0 Å². The first-order valence-corrected chi connectivity index (χ1v) is 6.09. The summed E-state index contributed by atoms with van der Waals surface area (Å²) in [6, 6.07) is -0.260. The molecule has 5 nitrogen and oxygen atoms in total. The Morgan fingerprint density at radius 1 is 1.75 bits per heavy atom. The van der Waals surface area contributed by atoms with E-state index in [0.717, 1.165) is 5.01 Å². The maximum atomic E-state index is 11.9. The Balaban J connectivity index is 1.92. The van der Waals surface area contributed by atoms with E-state index in [1.54, 1.807) is 6.20 Å². The Morgan fingerprint density at radius 2 is 2.56 bits per heavy atom. The van der Waals surface area contributed by atoms with E-state index in [9.17, 15) is 4.79 Å². The smallest absolute Gasteiger partial charge is 0.227 e. The van der Waals surface area contributed by atoms with Crippen LogP contribution in [-0.4, -0.2) is 30.1 Å². The van der Waals surface area contributed by atoms with Gasteiger partial charge in [0.15, 0.2) is 0 Å². The molecule has 1 aliphatic heterocycles. The summed E-state index contributed by atoms with van der Waals surface area (Å²) in [7, 11) is 0. The number of nitrogens with two attached hydrogens (primary N) is 1. The van der Waals surface area contributed by atoms with E-state index in [4.69, 9.17) is 10.5 Å². The highest BCUT2D eigenvalue weighted by Crippen LogP contribution is 2.17. The minimum absolute atomic E-state index is 0.0484. The SMILES string of the molecule is CC(NC(=O)C1COCC1N)c1nccs1. The summed E-state index contributed by atoms with van der Waals surface area (Å²) in [6.45, 7) is 2.79. The first-order valence-electron chi connectivity index (χ1n) is 5.21. The predicted molar refractivity (Wildman–Crippen MR) is 61.0 cm³/mol. The number of amides is 1. The molecule has 3 atom stereocenters. The zero-order valence-corrected chi connectivity index (χ0v) is 9.87. The van der Waals surface area contributed by atoms with Gasteiger partial charge in [0.05, 0.1) is 25.2 Å². The van der Waals surface area contributed by atoms with Gasteiger partial charge in [-0.3, -0.25) is 4.79 Å². The first kappa shape index (κ1) is 11.5. The molecule has 1 aliphatic rings. The Morgan fingerprint density at radius 3 is 3.12 bits per heavy atom. The third-order valence-electron chi connectivity index (χ3n) is 2.64. The molecule has 88 valence electrons. The summed E-state index contributed by atoms with van der Waals surface area (Å²) < 4.78 is 5.16. The molecular formula is C10H15N3O2S. The average molecular weight is 241 g/mol. The van der Waals surface area contributed by atoms with Crippen molar-refractivity contribution in [2.75, 3.05) is 13.2 Å². The fourth-order valence-electron chi connectivity index (χ4n) is 1.67. The monoisotopic (exact) mass is 241 g/mol. The largest absolute Gasteiger partial charge is 0.379 e. The van der Waals surface area contributed by atoms with Gasteiger partial charge in [0.1, 0.15) is 5.01 Å². The second-order valence-electron chi connectivity index (χ2n) is 3.91. The van der Waals surface area contributed by atoms with Gasteiger partial charge in [-0.25, -0.2) is 4.98 Å². The Hall–Kier alpha value is -0.980. The third kappa shape index (κ3) is 2.40. The molecule has 2 heterocycles. The quantitative estimate of drug-likeness (QED) is 0.797. The Bertz CT molecular complexity index is 355. The van der Waals surface area contributed by atoms with Crippen molar-refractivity contribution in [3.63, 3.8) is 0 Å². The van der Waals surface area contributed by atoms with Crippen molar-refractivity contribution in [2.45, 2.75) is 19.0 Å². The Kier molecular flexibility index (Phi) is 3.52. The van der Waals surface area contributed by atoms with E-state index in [0.29, 0.717) is 13.2 Å². The van der Waals surface area contributed by atoms with E-state index in [-0.39, 0.29) is 23.9 Å². The fourth-order valence-corrected chi connectivity index (χ4v) is 2.32. The van der Waals surface area contributed by atoms with Crippen LogP contribution in [0.1, 0.15) is 18.0 Å². The van der Waals surface area contributed by atoms with Gasteiger partial charge in [0.25, 0.3) is 0 Å². The van der Waals surface area contributed by atoms with Crippen LogP contribution in [-0.2, 0) is 9.53 Å². The van der Waals surface area contributed by atoms with Crippen molar-refractivity contribution in [3.05, 3.63) is 16.6 Å². The van der Waals surface area contributed by atoms with E-state index in [2.05, 4.69) is 10.3 Å². The predicted octanol–water partition coefficient (Wildman–Crippen LogP) is 0.294. The summed E-state index contributed by atoms with van der Waals surface area (Å²) in [5.74, 6) is -0.282. The number of aromatic nitrogens is 1. The van der Waals surface area contributed by atoms with Crippen LogP contribution in [0.2, 0.25) is 0 Å². The zero-order chi connectivity index (χ0) is 11.5. The second kappa shape index (κ2) is 4.90. The second-order valence-corrected chi connectivity index (χ2v) is 4.83. The molecule has 3 N–H and O–H groups in total. The van der Waals surface area contributed by atoms with Crippen molar-refractivity contribution in [1.82, 2.24) is 10.3 Å². The Labute approximate surface area is 98.0 Å². The lowest BCUT2D eigenvalue weighted by Gasteiger charge is -2.16. The standard InChI is InChI=1S/C10H15N3O2S/c1-6(10-12-2-3-16-10)13-9(14)7-4-15-5-8(7)11/h2-3,6-8H,4-5,11H2,1H3,(H,13,14). The molecule has 6 heteroatoms. The molecule has 0 aromatic carbocycles. The maximum Gasteiger partial charge on any atom is 0.227 e. The van der Waals surface area contributed by atoms with Crippen LogP contribution in [0, 0.1) is 5.92 Å². The van der Waals surface area contributed by atoms with E-state index in [1.165, 1.54) is 11.3 Å². The lowest BCUT2D eigenvalue weighted by molar-refractivity contribution is -0.125. The van der Waals surface area contributed by atoms with Gasteiger partial charge in [-0.05, 0) is 6.92 Å². The first-order chi connectivity index (χ1) is 7.68. The van der Waals surface area contributed by atoms with Gasteiger partial charge in [-0.1, -0.05) is 0 Å². The number of nitrogens with zero attached hydrogens (tertiary/aromatic N) is 1. The number of thiazole rings is 1. The van der Waals surface area contributed by atoms with Crippen molar-refractivity contribution in [2.24, 2.45) is 11.7 Å². The van der Waals surface area contributed by atoms with Crippen LogP contribution >= 0.6 is 11.3 Å². The molecule has 0 saturated carbocycles. The minimum atomic E-state index is -0.234. The summed E-state index contributed by atoms with van der Waals surface area (Å²) in [5.41, 5.74) is 5.78. The molecule has 0 radical (unpaired) electrons. The van der Waals surface area contributed by atoms with E-state index < -0.39 is 0 Å². The number of carbonyl (C=O) groups excluding carboxylic acids is 1. The molecular weight excluding hydrogens is 226 g/mol. The third-order valence-corrected chi connectivity index (χ3v) is 3.60. The lowest BCUT2D eigenvalue weighted by Crippen LogP contribution is -2.41. The molecule has 3 unspecified atom stereocenters. The summed E-state index contributed by atoms with van der Waals surface area (Å²) in [5, 5.41) is 5.70. The molecule has 1 saturated heterocycles. The van der Waals surface area contributed by atoms with E-state index >= 15 is 0 Å². The van der Waals surface area contributed by atoms with Gasteiger partial charge < -0.3 is 15.8 Å². The molecule has 0 spiro atoms. The number of hydrogen-bond donors (Lipinski definition) is 2. The van der Waals surface area contributed by atoms with Crippen LogP contribution in [0.25, 0.3) is 0 Å². The number of rotatable bonds is 3. The minimum Gasteiger partial charge on any atom is -0.379 e. The van der Waals surface area contributed by atoms with E-state index in [1.807, 2.05) is 12.3 Å². The fraction of sp³-hybridized carbons (Fsp3) is 0.600. The highest BCUT2D eigenvalue weighted by molar-refractivity contribution is 7.09. The summed E-state index contributed by atoms with van der Waals surface area (Å²) in [6.07, 6.45) is 1.73. The number of ether oxygens (including phenoxy) is 1. The van der Waals surface area contributed by atoms with Gasteiger partial charge >= 0.3 is 0 Å². The molecule has 1 aromatic heterocycles. The topological polar surface area (TPSA) is 77.2 Å². The molecule has 1 amide bonds. The van der Waals surface area contributed by atoms with Crippen LogP contribution in [0.15, 0.2) is 11.6 Å². The van der Waals surface area contributed by atoms with Crippen molar-refractivity contribution < 1.29 is 9.53 Å². The van der Waals surface area contributed by atoms with Crippen LogP contribution in [0.4, 0.5) is 0 Å². The number of hydrogen-bond acceptors (Lipinski definition) is 5. The summed E-state index contributed by atoms with van der Waals surface area (Å²) >= 11 is 1.53. The summed E-state index contributed by atoms with van der Waals surface area (Å²) in [4.78, 5) is 16.0. The molecule has 16 heavy (non-hydrogen) atoms. The van der Waals surface area contributed by atoms with Crippen LogP contribution < -0.4 is 11.1 Å². The number of carbonyl (C=O) groups is 1. The van der Waals surface area contributed by atoms with Gasteiger partial charge in [0.2, 0.25) is 5.91 Å². The molecule has 1 aromatic rings. The van der Waals surface area contributed by atoms with Crippen LogP contribution in [0.3, 0.4) is 0 Å². The van der Waals surface area contributed by atoms with Crippen molar-refractivity contribution >= 4 is 17.2 Å². The number of nitrogens with one attached hydrogen (secondary N) is 1. The van der Waals surface area contributed by atoms with Gasteiger partial charge in [-0.15, -0.1) is 11.3 Å². The molecule has 1 fully saturated rings. The highest BCUT2D eigenvalue weighted by Gasteiger charge is 2.32. The normalized spacial score (nSPS) is 26.6. The maximum absolute atomic E-state index is 11.9.